The number of ether oxygens (including phenoxy) is 2. The number of methoxy groups -OCH3 is 1. The van der Waals surface area contributed by atoms with Crippen molar-refractivity contribution in [2.75, 3.05) is 46.3 Å². The smallest absolute Gasteiger partial charge is 0.322 e. The summed E-state index contributed by atoms with van der Waals surface area (Å²) in [5.41, 5.74) is 5.14. The van der Waals surface area contributed by atoms with E-state index in [0.717, 1.165) is 5.69 Å². The molecule has 1 aromatic rings. The van der Waals surface area contributed by atoms with E-state index in [4.69, 9.17) is 15.2 Å². The zero-order valence-corrected chi connectivity index (χ0v) is 15.2. The van der Waals surface area contributed by atoms with E-state index in [1.165, 1.54) is 5.01 Å². The highest BCUT2D eigenvalue weighted by Gasteiger charge is 2.74. The van der Waals surface area contributed by atoms with Crippen LogP contribution in [0.15, 0.2) is 18.2 Å². The number of benzene rings is 1. The Labute approximate surface area is 147 Å². The first-order chi connectivity index (χ1) is 11.8. The number of hydrazine groups is 1. The van der Waals surface area contributed by atoms with Gasteiger partial charge in [0, 0.05) is 32.4 Å². The normalized spacial score (nSPS) is 27.6. The number of amides is 1. The van der Waals surface area contributed by atoms with Crippen LogP contribution in [-0.4, -0.2) is 69.0 Å². The van der Waals surface area contributed by atoms with Crippen LogP contribution in [-0.2, 0) is 19.7 Å². The van der Waals surface area contributed by atoms with Crippen LogP contribution in [0.25, 0.3) is 0 Å². The predicted octanol–water partition coefficient (Wildman–Crippen LogP) is -0.0803. The molecule has 8 nitrogen and oxygen atoms in total. The van der Waals surface area contributed by atoms with Crippen LogP contribution in [0.4, 0.5) is 5.69 Å². The van der Waals surface area contributed by atoms with Gasteiger partial charge in [-0.2, -0.15) is 0 Å². The van der Waals surface area contributed by atoms with E-state index in [1.54, 1.807) is 57.2 Å². The number of carbonyl (C=O) groups is 2. The van der Waals surface area contributed by atoms with Crippen molar-refractivity contribution in [2.45, 2.75) is 18.0 Å². The van der Waals surface area contributed by atoms with Crippen LogP contribution in [0.5, 0.6) is 5.75 Å². The first-order valence-electron chi connectivity index (χ1n) is 8.13. The third-order valence-electron chi connectivity index (χ3n) is 5.26. The monoisotopic (exact) mass is 348 g/mol. The Morgan fingerprint density at radius 1 is 1.40 bits per heavy atom. The van der Waals surface area contributed by atoms with E-state index in [9.17, 15) is 9.59 Å². The van der Waals surface area contributed by atoms with Crippen molar-refractivity contribution in [3.8, 4) is 5.75 Å². The van der Waals surface area contributed by atoms with E-state index in [1.807, 2.05) is 6.07 Å². The Morgan fingerprint density at radius 3 is 2.64 bits per heavy atom. The van der Waals surface area contributed by atoms with Gasteiger partial charge in [-0.25, -0.2) is 5.01 Å². The van der Waals surface area contributed by atoms with Crippen LogP contribution in [0, 0.1) is 0 Å². The van der Waals surface area contributed by atoms with Gasteiger partial charge in [-0.1, -0.05) is 0 Å². The zero-order valence-electron chi connectivity index (χ0n) is 15.2. The number of nitrogens with two attached hydrogens (primary N) is 1. The Morgan fingerprint density at radius 2 is 2.08 bits per heavy atom. The summed E-state index contributed by atoms with van der Waals surface area (Å²) < 4.78 is 10.7. The highest BCUT2D eigenvalue weighted by Crippen LogP contribution is 2.55. The summed E-state index contributed by atoms with van der Waals surface area (Å²) >= 11 is 0. The van der Waals surface area contributed by atoms with E-state index in [2.05, 4.69) is 0 Å². The number of likely N-dealkylation sites (N-methyl/N-ethyl adjacent to an activating group) is 1. The molecule has 1 aromatic carbocycles. The van der Waals surface area contributed by atoms with Gasteiger partial charge in [0.2, 0.25) is 0 Å². The van der Waals surface area contributed by atoms with Crippen molar-refractivity contribution in [1.82, 2.24) is 10.0 Å². The van der Waals surface area contributed by atoms with Gasteiger partial charge in [0.1, 0.15) is 5.75 Å². The Bertz CT molecular complexity index is 737. The molecule has 136 valence electrons. The first-order valence-corrected chi connectivity index (χ1v) is 8.13. The lowest BCUT2D eigenvalue weighted by Gasteiger charge is -2.36. The lowest BCUT2D eigenvalue weighted by Crippen LogP contribution is -2.68. The van der Waals surface area contributed by atoms with Crippen LogP contribution < -0.4 is 15.4 Å². The second-order valence-corrected chi connectivity index (χ2v) is 6.54. The topological polar surface area (TPSA) is 88.3 Å². The molecule has 8 heteroatoms. The Balaban J connectivity index is 2.30. The second kappa shape index (κ2) is 5.60. The second-order valence-electron chi connectivity index (χ2n) is 6.54. The standard InChI is InChI=1S/C17H24N4O4/c1-6-25-15(23)16-10-21(19(2)3)14(22)17(16,18)20(4)13-8-7-11(24-5)9-12(13)16/h7-9H,6,10,18H2,1-5H3/t16-,17+/m0/s1. The van der Waals surface area contributed by atoms with Gasteiger partial charge in [-0.3, -0.25) is 20.3 Å². The van der Waals surface area contributed by atoms with Gasteiger partial charge in [-0.05, 0) is 25.1 Å². The SMILES string of the molecule is CCOC(=O)[C@@]12CN(N(C)C)C(=O)[C@@]1(N)N(C)c1ccc(OC)cc12. The number of anilines is 1. The minimum absolute atomic E-state index is 0.110. The molecule has 0 bridgehead atoms. The van der Waals surface area contributed by atoms with E-state index < -0.39 is 17.0 Å². The third-order valence-corrected chi connectivity index (χ3v) is 5.26. The number of rotatable bonds is 4. The van der Waals surface area contributed by atoms with Gasteiger partial charge >= 0.3 is 5.97 Å². The van der Waals surface area contributed by atoms with Crippen LogP contribution in [0.3, 0.4) is 0 Å². The van der Waals surface area contributed by atoms with Crippen molar-refractivity contribution in [1.29, 1.82) is 0 Å². The summed E-state index contributed by atoms with van der Waals surface area (Å²) in [6.45, 7) is 2.05. The van der Waals surface area contributed by atoms with E-state index in [0.29, 0.717) is 11.3 Å². The molecule has 1 amide bonds. The molecule has 25 heavy (non-hydrogen) atoms. The summed E-state index contributed by atoms with van der Waals surface area (Å²) in [7, 11) is 6.77. The Kier molecular flexibility index (Phi) is 3.92. The molecule has 3 rings (SSSR count). The van der Waals surface area contributed by atoms with Crippen molar-refractivity contribution in [2.24, 2.45) is 5.73 Å². The molecular weight excluding hydrogens is 324 g/mol. The molecule has 2 atom stereocenters. The molecule has 1 fully saturated rings. The number of hydrogen-bond donors (Lipinski definition) is 1. The minimum atomic E-state index is -1.56. The first kappa shape index (κ1) is 17.5. The largest absolute Gasteiger partial charge is 0.497 e. The quantitative estimate of drug-likeness (QED) is 0.762. The summed E-state index contributed by atoms with van der Waals surface area (Å²) in [4.78, 5) is 28.0. The lowest BCUT2D eigenvalue weighted by atomic mass is 9.74. The Hall–Kier alpha value is -2.32. The maximum Gasteiger partial charge on any atom is 0.322 e. The van der Waals surface area contributed by atoms with E-state index >= 15 is 0 Å². The molecule has 2 N–H and O–H groups in total. The molecule has 2 heterocycles. The predicted molar refractivity (Wildman–Crippen MR) is 92.0 cm³/mol. The molecular formula is C17H24N4O4. The number of nitrogens with zero attached hydrogens (tertiary/aromatic N) is 3. The summed E-state index contributed by atoms with van der Waals surface area (Å²) in [6, 6.07) is 5.37. The zero-order chi connectivity index (χ0) is 18.6. The molecule has 0 saturated carbocycles. The summed E-state index contributed by atoms with van der Waals surface area (Å²) in [5.74, 6) is -0.256. The molecule has 2 aliphatic heterocycles. The van der Waals surface area contributed by atoms with Gasteiger partial charge in [-0.15, -0.1) is 0 Å². The number of fused-ring (bicyclic) bond motifs is 3. The molecule has 0 unspecified atom stereocenters. The highest BCUT2D eigenvalue weighted by molar-refractivity contribution is 6.07. The summed E-state index contributed by atoms with van der Waals surface area (Å²) in [6.07, 6.45) is 0. The van der Waals surface area contributed by atoms with Crippen molar-refractivity contribution < 1.29 is 19.1 Å². The molecule has 0 spiro atoms. The maximum absolute atomic E-state index is 13.2. The lowest BCUT2D eigenvalue weighted by molar-refractivity contribution is -0.152. The van der Waals surface area contributed by atoms with Crippen molar-refractivity contribution >= 4 is 17.6 Å². The highest BCUT2D eigenvalue weighted by atomic mass is 16.5. The van der Waals surface area contributed by atoms with Crippen LogP contribution in [0.2, 0.25) is 0 Å². The minimum Gasteiger partial charge on any atom is -0.497 e. The number of hydrogen-bond acceptors (Lipinski definition) is 7. The van der Waals surface area contributed by atoms with E-state index in [-0.39, 0.29) is 19.1 Å². The average molecular weight is 348 g/mol. The van der Waals surface area contributed by atoms with Crippen molar-refractivity contribution in [3.05, 3.63) is 23.8 Å². The fraction of sp³-hybridized carbons (Fsp3) is 0.529. The molecule has 1 saturated heterocycles. The van der Waals surface area contributed by atoms with Crippen LogP contribution in [0.1, 0.15) is 12.5 Å². The van der Waals surface area contributed by atoms with Gasteiger partial charge in [0.05, 0.1) is 20.3 Å². The maximum atomic E-state index is 13.2. The number of carbonyl (C=O) groups excluding carboxylic acids is 2. The molecule has 0 aromatic heterocycles. The van der Waals surface area contributed by atoms with Gasteiger partial charge in [0.15, 0.2) is 11.1 Å². The molecule has 0 radical (unpaired) electrons. The third kappa shape index (κ3) is 1.95. The summed E-state index contributed by atoms with van der Waals surface area (Å²) in [5, 5.41) is 3.12. The van der Waals surface area contributed by atoms with Gasteiger partial charge < -0.3 is 14.4 Å². The number of esters is 1. The fourth-order valence-electron chi connectivity index (χ4n) is 3.89. The average Bonchev–Trinajstić information content (AvgIpc) is 2.94. The van der Waals surface area contributed by atoms with Gasteiger partial charge in [0.25, 0.3) is 5.91 Å². The fourth-order valence-corrected chi connectivity index (χ4v) is 3.89. The van der Waals surface area contributed by atoms with Crippen molar-refractivity contribution in [3.63, 3.8) is 0 Å². The molecule has 2 aliphatic rings. The molecule has 0 aliphatic carbocycles. The van der Waals surface area contributed by atoms with Crippen LogP contribution >= 0.6 is 0 Å².